The second kappa shape index (κ2) is 1.18. The quantitative estimate of drug-likeness (QED) is 0.659. The van der Waals surface area contributed by atoms with Crippen LogP contribution in [-0.2, 0) is 0 Å². The lowest BCUT2D eigenvalue weighted by Gasteiger charge is -3.21. The van der Waals surface area contributed by atoms with Gasteiger partial charge in [-0.2, -0.15) is 0 Å². The van der Waals surface area contributed by atoms with Crippen molar-refractivity contribution in [3.63, 3.8) is 0 Å². The molecule has 12 aliphatic rings. The van der Waals surface area contributed by atoms with Gasteiger partial charge in [-0.05, 0) is 47.3 Å². The Morgan fingerprint density at radius 1 is 0.444 bits per heavy atom. The van der Waals surface area contributed by atoms with Crippen molar-refractivity contribution in [1.82, 2.24) is 0 Å². The Bertz CT molecular complexity index is 610. The first-order valence-corrected chi connectivity index (χ1v) is 8.10. The minimum atomic E-state index is -0.805. The van der Waals surface area contributed by atoms with Crippen LogP contribution < -0.4 is 0 Å². The highest BCUT2D eigenvalue weighted by atomic mass is 19.2. The van der Waals surface area contributed by atoms with Gasteiger partial charge in [0.1, 0.15) is 11.3 Å². The van der Waals surface area contributed by atoms with Crippen molar-refractivity contribution < 1.29 is 8.78 Å². The lowest BCUT2D eigenvalue weighted by Crippen LogP contribution is -3.24. The lowest BCUT2D eigenvalue weighted by molar-refractivity contribution is -0.770. The van der Waals surface area contributed by atoms with Gasteiger partial charge in [0, 0.05) is 34.5 Å². The topological polar surface area (TPSA) is 0 Å². The van der Waals surface area contributed by atoms with E-state index in [-0.39, 0.29) is 10.8 Å². The van der Waals surface area contributed by atoms with Crippen LogP contribution in [0.2, 0.25) is 0 Å². The number of hydrogen-bond donors (Lipinski definition) is 0. The molecule has 2 heteroatoms. The Balaban J connectivity index is 1.34. The standard InChI is InChI=1S/C16H12F2/c17-15-9-3-1-5(9)13(15,6(1)10(3)15)14-7-2-4-11(7)16(14,18)12(4)8(2)14/h1-12H. The van der Waals surface area contributed by atoms with Crippen molar-refractivity contribution >= 4 is 0 Å². The Morgan fingerprint density at radius 3 is 1.00 bits per heavy atom. The second-order valence-electron chi connectivity index (χ2n) is 9.79. The molecule has 8 atom stereocenters. The summed E-state index contributed by atoms with van der Waals surface area (Å²) in [7, 11) is 0. The molecule has 18 heavy (non-hydrogen) atoms. The monoisotopic (exact) mass is 242 g/mol. The molecular weight excluding hydrogens is 230 g/mol. The third-order valence-electron chi connectivity index (χ3n) is 11.7. The van der Waals surface area contributed by atoms with E-state index < -0.39 is 11.3 Å². The van der Waals surface area contributed by atoms with Crippen LogP contribution in [0.25, 0.3) is 0 Å². The first-order chi connectivity index (χ1) is 8.73. The Labute approximate surface area is 102 Å². The van der Waals surface area contributed by atoms with Crippen LogP contribution in [0.4, 0.5) is 8.78 Å². The molecule has 0 aromatic carbocycles. The van der Waals surface area contributed by atoms with Gasteiger partial charge >= 0.3 is 0 Å². The van der Waals surface area contributed by atoms with Crippen LogP contribution in [0.1, 0.15) is 0 Å². The van der Waals surface area contributed by atoms with Crippen molar-refractivity contribution in [2.75, 3.05) is 0 Å². The maximum Gasteiger partial charge on any atom is 0.124 e. The molecular formula is C16H12F2. The van der Waals surface area contributed by atoms with Crippen LogP contribution >= 0.6 is 0 Å². The summed E-state index contributed by atoms with van der Waals surface area (Å²) in [5, 5.41) is 0. The average molecular weight is 242 g/mol. The third kappa shape index (κ3) is 0.205. The number of hydrogen-bond acceptors (Lipinski definition) is 0. The largest absolute Gasteiger partial charge is 0.243 e. The number of rotatable bonds is 1. The van der Waals surface area contributed by atoms with Crippen LogP contribution in [0, 0.1) is 81.8 Å². The summed E-state index contributed by atoms with van der Waals surface area (Å²) in [6.45, 7) is 0. The van der Waals surface area contributed by atoms with Gasteiger partial charge in [-0.25, -0.2) is 8.78 Å². The molecule has 12 fully saturated rings. The summed E-state index contributed by atoms with van der Waals surface area (Å²) in [6.07, 6.45) is 0. The summed E-state index contributed by atoms with van der Waals surface area (Å²) in [6, 6.07) is 0. The highest BCUT2D eigenvalue weighted by Gasteiger charge is 3.24. The minimum absolute atomic E-state index is 0.0340. The molecule has 0 aliphatic heterocycles. The molecule has 0 aromatic rings. The molecule has 0 bridgehead atoms. The first-order valence-electron chi connectivity index (χ1n) is 8.10. The lowest BCUT2D eigenvalue weighted by atomic mass is 8.83. The van der Waals surface area contributed by atoms with Crippen molar-refractivity contribution in [2.24, 2.45) is 81.8 Å². The molecule has 8 unspecified atom stereocenters. The van der Waals surface area contributed by atoms with Gasteiger partial charge in [0.05, 0.1) is 0 Å². The fourth-order valence-corrected chi connectivity index (χ4v) is 12.5. The number of alkyl halides is 2. The van der Waals surface area contributed by atoms with Crippen molar-refractivity contribution in [1.29, 1.82) is 0 Å². The van der Waals surface area contributed by atoms with Gasteiger partial charge in [0.25, 0.3) is 0 Å². The Morgan fingerprint density at radius 2 is 0.722 bits per heavy atom. The molecule has 0 heterocycles. The van der Waals surface area contributed by atoms with Gasteiger partial charge in [-0.3, -0.25) is 0 Å². The zero-order valence-corrected chi connectivity index (χ0v) is 9.68. The molecule has 0 amide bonds. The summed E-state index contributed by atoms with van der Waals surface area (Å²) < 4.78 is 30.7. The molecule has 0 N–H and O–H groups in total. The van der Waals surface area contributed by atoms with Gasteiger partial charge in [-0.15, -0.1) is 0 Å². The molecule has 0 radical (unpaired) electrons. The van der Waals surface area contributed by atoms with Gasteiger partial charge < -0.3 is 0 Å². The van der Waals surface area contributed by atoms with E-state index in [1.165, 1.54) is 0 Å². The summed E-state index contributed by atoms with van der Waals surface area (Å²) in [5.41, 5.74) is -1.68. The second-order valence-corrected chi connectivity index (χ2v) is 9.79. The fourth-order valence-electron chi connectivity index (χ4n) is 12.5. The van der Waals surface area contributed by atoms with Crippen molar-refractivity contribution in [3.8, 4) is 0 Å². The summed E-state index contributed by atoms with van der Waals surface area (Å²) in [4.78, 5) is 0. The average Bonchev–Trinajstić information content (AvgIpc) is 2.38. The maximum absolute atomic E-state index is 15.4. The minimum Gasteiger partial charge on any atom is -0.243 e. The van der Waals surface area contributed by atoms with Crippen molar-refractivity contribution in [2.45, 2.75) is 11.3 Å². The SMILES string of the molecule is FC12C3C4C5C3C1(C13C6C7C8C6C1(F)C8C73)C5C42. The summed E-state index contributed by atoms with van der Waals surface area (Å²) in [5.74, 6) is 7.97. The summed E-state index contributed by atoms with van der Waals surface area (Å²) >= 11 is 0. The molecule has 12 saturated carbocycles. The predicted molar refractivity (Wildman–Crippen MR) is 54.4 cm³/mol. The van der Waals surface area contributed by atoms with E-state index in [2.05, 4.69) is 0 Å². The van der Waals surface area contributed by atoms with E-state index in [0.717, 1.165) is 23.7 Å². The van der Waals surface area contributed by atoms with E-state index in [1.807, 2.05) is 0 Å². The number of halogens is 2. The zero-order chi connectivity index (χ0) is 10.9. The Kier molecular flexibility index (Phi) is 0.463. The van der Waals surface area contributed by atoms with E-state index in [4.69, 9.17) is 0 Å². The zero-order valence-electron chi connectivity index (χ0n) is 9.68. The highest BCUT2D eigenvalue weighted by molar-refractivity contribution is 5.69. The van der Waals surface area contributed by atoms with Crippen LogP contribution in [0.3, 0.4) is 0 Å². The molecule has 0 spiro atoms. The molecule has 0 saturated heterocycles. The molecule has 12 aliphatic carbocycles. The van der Waals surface area contributed by atoms with E-state index in [1.54, 1.807) is 0 Å². The Hall–Kier alpha value is -0.140. The van der Waals surface area contributed by atoms with Crippen LogP contribution in [0.5, 0.6) is 0 Å². The van der Waals surface area contributed by atoms with Gasteiger partial charge in [-0.1, -0.05) is 0 Å². The molecule has 12 rings (SSSR count). The smallest absolute Gasteiger partial charge is 0.124 e. The highest BCUT2D eigenvalue weighted by Crippen LogP contribution is 3.21. The van der Waals surface area contributed by atoms with Gasteiger partial charge in [0.15, 0.2) is 0 Å². The first kappa shape index (κ1) is 7.04. The predicted octanol–water partition coefficient (Wildman–Crippen LogP) is 1.91. The fraction of sp³-hybridized carbons (Fsp3) is 1.00. The molecule has 90 valence electrons. The normalized spacial score (nSPS) is 115. The van der Waals surface area contributed by atoms with Crippen LogP contribution in [-0.4, -0.2) is 11.3 Å². The van der Waals surface area contributed by atoms with Gasteiger partial charge in [0.2, 0.25) is 0 Å². The third-order valence-corrected chi connectivity index (χ3v) is 11.7. The molecule has 0 nitrogen and oxygen atoms in total. The van der Waals surface area contributed by atoms with E-state index in [9.17, 15) is 0 Å². The molecule has 0 aromatic heterocycles. The maximum atomic E-state index is 15.4. The van der Waals surface area contributed by atoms with Crippen molar-refractivity contribution in [3.05, 3.63) is 0 Å². The van der Waals surface area contributed by atoms with Crippen LogP contribution in [0.15, 0.2) is 0 Å². The van der Waals surface area contributed by atoms with E-state index in [0.29, 0.717) is 47.3 Å². The van der Waals surface area contributed by atoms with E-state index >= 15 is 8.78 Å².